The van der Waals surface area contributed by atoms with Crippen molar-refractivity contribution in [2.24, 2.45) is 0 Å². The van der Waals surface area contributed by atoms with Crippen molar-refractivity contribution in [1.82, 2.24) is 0 Å². The average molecular weight is 272 g/mol. The predicted octanol–water partition coefficient (Wildman–Crippen LogP) is 3.55. The fourth-order valence-electron chi connectivity index (χ4n) is 2.53. The molecule has 0 aromatic heterocycles. The van der Waals surface area contributed by atoms with E-state index in [0.717, 1.165) is 11.0 Å². The van der Waals surface area contributed by atoms with Crippen LogP contribution in [0.3, 0.4) is 0 Å². The third-order valence-corrected chi connectivity index (χ3v) is 5.03. The smallest absolute Gasteiger partial charge is 0.399 e. The summed E-state index contributed by atoms with van der Waals surface area (Å²) in [6.45, 7) is 18.6. The molecule has 0 aliphatic carbocycles. The zero-order valence-electron chi connectivity index (χ0n) is 13.8. The van der Waals surface area contributed by atoms with E-state index in [1.807, 2.05) is 6.08 Å². The van der Waals surface area contributed by atoms with Crippen molar-refractivity contribution in [2.45, 2.75) is 59.7 Å². The van der Waals surface area contributed by atoms with Gasteiger partial charge in [-0.2, -0.15) is 0 Å². The predicted molar refractivity (Wildman–Crippen MR) is 86.5 cm³/mol. The van der Waals surface area contributed by atoms with Gasteiger partial charge in [0, 0.05) is 0 Å². The first-order valence-electron chi connectivity index (χ1n) is 7.19. The van der Waals surface area contributed by atoms with Gasteiger partial charge in [0.15, 0.2) is 0 Å². The molecule has 0 amide bonds. The Morgan fingerprint density at radius 2 is 1.45 bits per heavy atom. The van der Waals surface area contributed by atoms with Crippen LogP contribution >= 0.6 is 0 Å². The lowest BCUT2D eigenvalue weighted by Crippen LogP contribution is -2.41. The Labute approximate surface area is 123 Å². The van der Waals surface area contributed by atoms with Gasteiger partial charge in [0.1, 0.15) is 0 Å². The van der Waals surface area contributed by atoms with E-state index in [9.17, 15) is 0 Å². The van der Waals surface area contributed by atoms with E-state index in [0.29, 0.717) is 0 Å². The summed E-state index contributed by atoms with van der Waals surface area (Å²) in [5.74, 6) is 0. The first kappa shape index (κ1) is 15.3. The minimum absolute atomic E-state index is 0.307. The molecule has 1 aromatic carbocycles. The minimum atomic E-state index is -0.308. The standard InChI is InChI=1S/C17H25BO2/c1-9-14-10-15(13(4)11(2)12(14)3)18-19-16(5,6)17(7,8)20-18/h9-10H,1H2,2-8H3. The molecule has 1 aliphatic heterocycles. The van der Waals surface area contributed by atoms with Crippen LogP contribution in [-0.4, -0.2) is 18.3 Å². The SMILES string of the molecule is C=Cc1cc(B2OC(C)(C)C(C)(C)O2)c(C)c(C)c1C. The topological polar surface area (TPSA) is 18.5 Å². The van der Waals surface area contributed by atoms with Crippen LogP contribution in [0.25, 0.3) is 6.08 Å². The Morgan fingerprint density at radius 3 is 1.90 bits per heavy atom. The Balaban J connectivity index is 2.51. The number of rotatable bonds is 2. The maximum absolute atomic E-state index is 6.17. The van der Waals surface area contributed by atoms with E-state index in [1.54, 1.807) is 0 Å². The summed E-state index contributed by atoms with van der Waals surface area (Å²) < 4.78 is 12.3. The summed E-state index contributed by atoms with van der Waals surface area (Å²) >= 11 is 0. The lowest BCUT2D eigenvalue weighted by Gasteiger charge is -2.32. The van der Waals surface area contributed by atoms with Crippen LogP contribution in [0.5, 0.6) is 0 Å². The van der Waals surface area contributed by atoms with Crippen molar-refractivity contribution < 1.29 is 9.31 Å². The summed E-state index contributed by atoms with van der Waals surface area (Å²) in [4.78, 5) is 0. The van der Waals surface area contributed by atoms with Crippen LogP contribution in [-0.2, 0) is 9.31 Å². The van der Waals surface area contributed by atoms with E-state index >= 15 is 0 Å². The van der Waals surface area contributed by atoms with Gasteiger partial charge in [-0.15, -0.1) is 0 Å². The molecule has 0 atom stereocenters. The maximum Gasteiger partial charge on any atom is 0.495 e. The minimum Gasteiger partial charge on any atom is -0.399 e. The van der Waals surface area contributed by atoms with Crippen molar-refractivity contribution in [3.63, 3.8) is 0 Å². The van der Waals surface area contributed by atoms with Crippen molar-refractivity contribution in [1.29, 1.82) is 0 Å². The highest BCUT2D eigenvalue weighted by atomic mass is 16.7. The molecule has 108 valence electrons. The zero-order valence-corrected chi connectivity index (χ0v) is 13.8. The van der Waals surface area contributed by atoms with Gasteiger partial charge in [-0.25, -0.2) is 0 Å². The van der Waals surface area contributed by atoms with Gasteiger partial charge in [-0.05, 0) is 76.2 Å². The molecule has 1 saturated heterocycles. The average Bonchev–Trinajstić information content (AvgIpc) is 2.56. The number of hydrogen-bond donors (Lipinski definition) is 0. The highest BCUT2D eigenvalue weighted by Crippen LogP contribution is 2.37. The van der Waals surface area contributed by atoms with Gasteiger partial charge in [-0.1, -0.05) is 18.7 Å². The van der Waals surface area contributed by atoms with Gasteiger partial charge in [-0.3, -0.25) is 0 Å². The molecule has 20 heavy (non-hydrogen) atoms. The van der Waals surface area contributed by atoms with E-state index < -0.39 is 0 Å². The maximum atomic E-state index is 6.17. The van der Waals surface area contributed by atoms with Gasteiger partial charge >= 0.3 is 7.12 Å². The van der Waals surface area contributed by atoms with E-state index in [1.165, 1.54) is 16.7 Å². The normalized spacial score (nSPS) is 20.2. The summed E-state index contributed by atoms with van der Waals surface area (Å²) in [7, 11) is -0.307. The molecular formula is C17H25BO2. The highest BCUT2D eigenvalue weighted by Gasteiger charge is 2.52. The van der Waals surface area contributed by atoms with Crippen molar-refractivity contribution >= 4 is 18.7 Å². The summed E-state index contributed by atoms with van der Waals surface area (Å²) in [5.41, 5.74) is 5.45. The lowest BCUT2D eigenvalue weighted by atomic mass is 9.73. The Bertz CT molecular complexity index is 543. The Hall–Kier alpha value is -1.06. The monoisotopic (exact) mass is 272 g/mol. The molecule has 0 bridgehead atoms. The molecule has 1 fully saturated rings. The quantitative estimate of drug-likeness (QED) is 0.766. The van der Waals surface area contributed by atoms with Crippen molar-refractivity contribution in [3.8, 4) is 0 Å². The van der Waals surface area contributed by atoms with E-state index in [2.05, 4.69) is 61.1 Å². The summed E-state index contributed by atoms with van der Waals surface area (Å²) in [6.07, 6.45) is 1.90. The largest absolute Gasteiger partial charge is 0.495 e. The molecule has 0 unspecified atom stereocenters. The van der Waals surface area contributed by atoms with Crippen LogP contribution < -0.4 is 5.46 Å². The van der Waals surface area contributed by atoms with Crippen LogP contribution in [0.15, 0.2) is 12.6 Å². The van der Waals surface area contributed by atoms with E-state index in [-0.39, 0.29) is 18.3 Å². The molecule has 1 aliphatic rings. The molecule has 3 heteroatoms. The molecule has 2 rings (SSSR count). The molecule has 0 saturated carbocycles. The van der Waals surface area contributed by atoms with Crippen LogP contribution in [0.4, 0.5) is 0 Å². The highest BCUT2D eigenvalue weighted by molar-refractivity contribution is 6.62. The van der Waals surface area contributed by atoms with Gasteiger partial charge in [0.25, 0.3) is 0 Å². The van der Waals surface area contributed by atoms with Crippen LogP contribution in [0.1, 0.15) is 49.9 Å². The summed E-state index contributed by atoms with van der Waals surface area (Å²) in [5, 5.41) is 0. The molecular weight excluding hydrogens is 247 g/mol. The number of benzene rings is 1. The molecule has 0 N–H and O–H groups in total. The summed E-state index contributed by atoms with van der Waals surface area (Å²) in [6, 6.07) is 2.15. The molecule has 0 radical (unpaired) electrons. The second-order valence-corrected chi connectivity index (χ2v) is 6.72. The fourth-order valence-corrected chi connectivity index (χ4v) is 2.53. The van der Waals surface area contributed by atoms with Crippen LogP contribution in [0, 0.1) is 20.8 Å². The Kier molecular flexibility index (Phi) is 3.64. The third-order valence-electron chi connectivity index (χ3n) is 5.03. The van der Waals surface area contributed by atoms with Crippen LogP contribution in [0.2, 0.25) is 0 Å². The molecule has 1 heterocycles. The van der Waals surface area contributed by atoms with Gasteiger partial charge in [0.2, 0.25) is 0 Å². The number of hydrogen-bond acceptors (Lipinski definition) is 2. The second kappa shape index (κ2) is 4.75. The van der Waals surface area contributed by atoms with Gasteiger partial charge < -0.3 is 9.31 Å². The lowest BCUT2D eigenvalue weighted by molar-refractivity contribution is 0.00578. The second-order valence-electron chi connectivity index (χ2n) is 6.72. The molecule has 1 aromatic rings. The van der Waals surface area contributed by atoms with Crippen molar-refractivity contribution in [2.75, 3.05) is 0 Å². The third kappa shape index (κ3) is 2.23. The zero-order chi connectivity index (χ0) is 15.3. The molecule has 2 nitrogen and oxygen atoms in total. The van der Waals surface area contributed by atoms with Gasteiger partial charge in [0.05, 0.1) is 11.2 Å². The fraction of sp³-hybridized carbons (Fsp3) is 0.529. The van der Waals surface area contributed by atoms with E-state index in [4.69, 9.17) is 9.31 Å². The first-order chi connectivity index (χ1) is 9.10. The Morgan fingerprint density at radius 1 is 0.950 bits per heavy atom. The molecule has 0 spiro atoms. The van der Waals surface area contributed by atoms with Crippen molar-refractivity contribution in [3.05, 3.63) is 34.9 Å². The first-order valence-corrected chi connectivity index (χ1v) is 7.19.